The molecule has 0 saturated carbocycles. The van der Waals surface area contributed by atoms with Crippen molar-refractivity contribution in [3.63, 3.8) is 0 Å². The van der Waals surface area contributed by atoms with E-state index >= 15 is 0 Å². The molecule has 0 saturated heterocycles. The molecule has 6 heteroatoms. The van der Waals surface area contributed by atoms with E-state index in [1.807, 2.05) is 0 Å². The SMILES string of the molecule is Cc1c(-c2cccc(OC(F)(F)F)c2)ccnc1N. The Hall–Kier alpha value is -2.24. The summed E-state index contributed by atoms with van der Waals surface area (Å²) in [7, 11) is 0. The first-order chi connectivity index (χ1) is 8.87. The number of nitrogens with zero attached hydrogens (tertiary/aromatic N) is 1. The fraction of sp³-hybridized carbons (Fsp3) is 0.154. The lowest BCUT2D eigenvalue weighted by Gasteiger charge is -2.11. The van der Waals surface area contributed by atoms with Gasteiger partial charge < -0.3 is 10.5 Å². The number of pyridine rings is 1. The first-order valence-corrected chi connectivity index (χ1v) is 5.44. The molecule has 0 aliphatic rings. The van der Waals surface area contributed by atoms with Crippen LogP contribution in [-0.2, 0) is 0 Å². The molecule has 100 valence electrons. The minimum absolute atomic E-state index is 0.264. The maximum atomic E-state index is 12.2. The standard InChI is InChI=1S/C13H11F3N2O/c1-8-11(5-6-18-12(8)17)9-3-2-4-10(7-9)19-13(14,15)16/h2-7H,1H3,(H2,17,18). The molecule has 1 aromatic carbocycles. The number of ether oxygens (including phenoxy) is 1. The van der Waals surface area contributed by atoms with Gasteiger partial charge in [-0.25, -0.2) is 4.98 Å². The van der Waals surface area contributed by atoms with E-state index in [0.717, 1.165) is 5.56 Å². The van der Waals surface area contributed by atoms with Crippen molar-refractivity contribution < 1.29 is 17.9 Å². The fourth-order valence-corrected chi connectivity index (χ4v) is 1.73. The molecule has 0 amide bonds. The predicted molar refractivity (Wildman–Crippen MR) is 65.5 cm³/mol. The summed E-state index contributed by atoms with van der Waals surface area (Å²) in [6, 6.07) is 7.43. The quantitative estimate of drug-likeness (QED) is 0.906. The second-order valence-corrected chi connectivity index (χ2v) is 3.94. The summed E-state index contributed by atoms with van der Waals surface area (Å²) in [4.78, 5) is 3.91. The monoisotopic (exact) mass is 268 g/mol. The minimum Gasteiger partial charge on any atom is -0.406 e. The predicted octanol–water partition coefficient (Wildman–Crippen LogP) is 3.54. The molecule has 1 aromatic heterocycles. The van der Waals surface area contributed by atoms with E-state index in [1.54, 1.807) is 19.1 Å². The second-order valence-electron chi connectivity index (χ2n) is 3.94. The number of hydrogen-bond donors (Lipinski definition) is 1. The Bertz CT molecular complexity index is 597. The van der Waals surface area contributed by atoms with Gasteiger partial charge in [0.2, 0.25) is 0 Å². The van der Waals surface area contributed by atoms with Crippen molar-refractivity contribution in [2.24, 2.45) is 0 Å². The lowest BCUT2D eigenvalue weighted by molar-refractivity contribution is -0.274. The molecule has 0 fully saturated rings. The Balaban J connectivity index is 2.41. The summed E-state index contributed by atoms with van der Waals surface area (Å²) < 4.78 is 40.4. The van der Waals surface area contributed by atoms with Crippen LogP contribution >= 0.6 is 0 Å². The summed E-state index contributed by atoms with van der Waals surface area (Å²) in [5, 5.41) is 0. The van der Waals surface area contributed by atoms with Crippen LogP contribution in [0.4, 0.5) is 19.0 Å². The van der Waals surface area contributed by atoms with Crippen LogP contribution in [0.15, 0.2) is 36.5 Å². The van der Waals surface area contributed by atoms with E-state index in [1.165, 1.54) is 24.4 Å². The van der Waals surface area contributed by atoms with Crippen LogP contribution in [0.25, 0.3) is 11.1 Å². The molecule has 0 atom stereocenters. The molecule has 2 N–H and O–H groups in total. The van der Waals surface area contributed by atoms with Crippen LogP contribution < -0.4 is 10.5 Å². The Kier molecular flexibility index (Phi) is 3.33. The van der Waals surface area contributed by atoms with Gasteiger partial charge in [0.25, 0.3) is 0 Å². The number of rotatable bonds is 2. The van der Waals surface area contributed by atoms with Gasteiger partial charge in [0, 0.05) is 6.20 Å². The van der Waals surface area contributed by atoms with Crippen LogP contribution in [0.2, 0.25) is 0 Å². The van der Waals surface area contributed by atoms with Crippen LogP contribution in [0.3, 0.4) is 0 Å². The first kappa shape index (κ1) is 13.2. The van der Waals surface area contributed by atoms with Crippen molar-refractivity contribution in [3.05, 3.63) is 42.1 Å². The molecule has 2 rings (SSSR count). The summed E-state index contributed by atoms with van der Waals surface area (Å²) in [5.41, 5.74) is 7.70. The highest BCUT2D eigenvalue weighted by Crippen LogP contribution is 2.30. The number of nitrogens with two attached hydrogens (primary N) is 1. The van der Waals surface area contributed by atoms with Crippen LogP contribution in [0.1, 0.15) is 5.56 Å². The molecule has 0 spiro atoms. The summed E-state index contributed by atoms with van der Waals surface area (Å²) in [5.74, 6) is 0.0828. The molecular weight excluding hydrogens is 257 g/mol. The lowest BCUT2D eigenvalue weighted by atomic mass is 10.0. The van der Waals surface area contributed by atoms with E-state index in [2.05, 4.69) is 9.72 Å². The zero-order valence-corrected chi connectivity index (χ0v) is 10.0. The number of benzene rings is 1. The zero-order chi connectivity index (χ0) is 14.0. The largest absolute Gasteiger partial charge is 0.573 e. The third-order valence-electron chi connectivity index (χ3n) is 2.62. The third kappa shape index (κ3) is 3.15. The van der Waals surface area contributed by atoms with E-state index in [4.69, 9.17) is 5.73 Å². The highest BCUT2D eigenvalue weighted by atomic mass is 19.4. The van der Waals surface area contributed by atoms with Crippen molar-refractivity contribution in [1.29, 1.82) is 0 Å². The highest BCUT2D eigenvalue weighted by Gasteiger charge is 2.31. The maximum absolute atomic E-state index is 12.2. The Morgan fingerprint density at radius 2 is 1.95 bits per heavy atom. The summed E-state index contributed by atoms with van der Waals surface area (Å²) in [6.07, 6.45) is -3.19. The van der Waals surface area contributed by atoms with Crippen LogP contribution in [0, 0.1) is 6.92 Å². The number of nitrogen functional groups attached to an aromatic ring is 1. The van der Waals surface area contributed by atoms with E-state index in [9.17, 15) is 13.2 Å². The molecule has 2 aromatic rings. The highest BCUT2D eigenvalue weighted by molar-refractivity contribution is 5.71. The molecule has 0 bridgehead atoms. The molecular formula is C13H11F3N2O. The Morgan fingerprint density at radius 1 is 1.21 bits per heavy atom. The number of anilines is 1. The van der Waals surface area contributed by atoms with Gasteiger partial charge in [-0.3, -0.25) is 0 Å². The third-order valence-corrected chi connectivity index (χ3v) is 2.62. The van der Waals surface area contributed by atoms with E-state index in [0.29, 0.717) is 16.9 Å². The van der Waals surface area contributed by atoms with Crippen molar-refractivity contribution >= 4 is 5.82 Å². The molecule has 0 unspecified atom stereocenters. The van der Waals surface area contributed by atoms with Crippen molar-refractivity contribution in [1.82, 2.24) is 4.98 Å². The van der Waals surface area contributed by atoms with Gasteiger partial charge in [0.15, 0.2) is 0 Å². The Labute approximate surface area is 107 Å². The summed E-state index contributed by atoms with van der Waals surface area (Å²) in [6.45, 7) is 1.76. The molecule has 3 nitrogen and oxygen atoms in total. The number of halogens is 3. The van der Waals surface area contributed by atoms with Gasteiger partial charge in [0.1, 0.15) is 11.6 Å². The second kappa shape index (κ2) is 4.79. The summed E-state index contributed by atoms with van der Waals surface area (Å²) >= 11 is 0. The van der Waals surface area contributed by atoms with Crippen molar-refractivity contribution in [3.8, 4) is 16.9 Å². The smallest absolute Gasteiger partial charge is 0.406 e. The first-order valence-electron chi connectivity index (χ1n) is 5.44. The molecule has 0 radical (unpaired) electrons. The van der Waals surface area contributed by atoms with Crippen molar-refractivity contribution in [2.75, 3.05) is 5.73 Å². The van der Waals surface area contributed by atoms with Crippen LogP contribution in [-0.4, -0.2) is 11.3 Å². The van der Waals surface area contributed by atoms with Gasteiger partial charge in [-0.15, -0.1) is 13.2 Å². The average molecular weight is 268 g/mol. The van der Waals surface area contributed by atoms with Crippen LogP contribution in [0.5, 0.6) is 5.75 Å². The van der Waals surface area contributed by atoms with E-state index in [-0.39, 0.29) is 5.75 Å². The fourth-order valence-electron chi connectivity index (χ4n) is 1.73. The van der Waals surface area contributed by atoms with E-state index < -0.39 is 6.36 Å². The number of hydrogen-bond acceptors (Lipinski definition) is 3. The van der Waals surface area contributed by atoms with Gasteiger partial charge in [-0.05, 0) is 41.8 Å². The van der Waals surface area contributed by atoms with Gasteiger partial charge in [-0.1, -0.05) is 12.1 Å². The van der Waals surface area contributed by atoms with Gasteiger partial charge >= 0.3 is 6.36 Å². The molecule has 0 aliphatic carbocycles. The minimum atomic E-state index is -4.70. The topological polar surface area (TPSA) is 48.1 Å². The normalized spacial score (nSPS) is 11.4. The van der Waals surface area contributed by atoms with Gasteiger partial charge in [-0.2, -0.15) is 0 Å². The molecule has 1 heterocycles. The van der Waals surface area contributed by atoms with Gasteiger partial charge in [0.05, 0.1) is 0 Å². The number of aromatic nitrogens is 1. The molecule has 19 heavy (non-hydrogen) atoms. The lowest BCUT2D eigenvalue weighted by Crippen LogP contribution is -2.17. The van der Waals surface area contributed by atoms with Crippen molar-refractivity contribution in [2.45, 2.75) is 13.3 Å². The maximum Gasteiger partial charge on any atom is 0.573 e. The Morgan fingerprint density at radius 3 is 2.63 bits per heavy atom. The zero-order valence-electron chi connectivity index (χ0n) is 10.0. The average Bonchev–Trinajstić information content (AvgIpc) is 2.31. The number of alkyl halides is 3. The molecule has 0 aliphatic heterocycles.